The lowest BCUT2D eigenvalue weighted by Gasteiger charge is -2.50. The molecule has 1 spiro atoms. The molecule has 0 radical (unpaired) electrons. The van der Waals surface area contributed by atoms with Gasteiger partial charge in [-0.2, -0.15) is 0 Å². The van der Waals surface area contributed by atoms with E-state index in [0.717, 1.165) is 51.1 Å². The predicted octanol–water partition coefficient (Wildman–Crippen LogP) is 4.85. The molecule has 2 heterocycles. The fourth-order valence-corrected chi connectivity index (χ4v) is 6.75. The van der Waals surface area contributed by atoms with Gasteiger partial charge in [0.25, 0.3) is 0 Å². The van der Waals surface area contributed by atoms with Crippen molar-refractivity contribution in [3.8, 4) is 0 Å². The fraction of sp³-hybridized carbons (Fsp3) is 0.452. The van der Waals surface area contributed by atoms with Crippen molar-refractivity contribution in [1.82, 2.24) is 9.80 Å². The van der Waals surface area contributed by atoms with Crippen LogP contribution in [0.4, 0.5) is 0 Å². The number of aliphatic hydroxyl groups is 1. The van der Waals surface area contributed by atoms with E-state index in [9.17, 15) is 9.90 Å². The number of rotatable bonds is 5. The van der Waals surface area contributed by atoms with E-state index in [1.54, 1.807) is 6.08 Å². The van der Waals surface area contributed by atoms with Crippen molar-refractivity contribution in [1.29, 1.82) is 0 Å². The van der Waals surface area contributed by atoms with Crippen molar-refractivity contribution >= 4 is 18.1 Å². The summed E-state index contributed by atoms with van der Waals surface area (Å²) < 4.78 is 0. The summed E-state index contributed by atoms with van der Waals surface area (Å²) in [6.07, 6.45) is 9.69. The largest absolute Gasteiger partial charge is 0.392 e. The van der Waals surface area contributed by atoms with Crippen LogP contribution in [0.3, 0.4) is 0 Å². The molecule has 5 rings (SSSR count). The molecule has 4 heteroatoms. The van der Waals surface area contributed by atoms with Crippen LogP contribution < -0.4 is 0 Å². The van der Waals surface area contributed by atoms with E-state index in [1.165, 1.54) is 11.1 Å². The molecule has 0 aromatic heterocycles. The van der Waals surface area contributed by atoms with Gasteiger partial charge in [0.15, 0.2) is 0 Å². The molecule has 1 aliphatic carbocycles. The number of hydrogen-bond acceptors (Lipinski definition) is 3. The Labute approximate surface area is 210 Å². The molecule has 35 heavy (non-hydrogen) atoms. The van der Waals surface area contributed by atoms with Gasteiger partial charge in [0, 0.05) is 44.2 Å². The van der Waals surface area contributed by atoms with Crippen LogP contribution in [-0.4, -0.2) is 59.6 Å². The highest BCUT2D eigenvalue weighted by atomic mass is 16.3. The van der Waals surface area contributed by atoms with Gasteiger partial charge in [0.2, 0.25) is 5.91 Å². The van der Waals surface area contributed by atoms with Gasteiger partial charge in [-0.15, -0.1) is 0 Å². The molecule has 2 aromatic rings. The van der Waals surface area contributed by atoms with Gasteiger partial charge in [-0.05, 0) is 53.4 Å². The summed E-state index contributed by atoms with van der Waals surface area (Å²) in [5.41, 5.74) is 3.98. The Morgan fingerprint density at radius 2 is 1.69 bits per heavy atom. The van der Waals surface area contributed by atoms with Crippen LogP contribution in [0, 0.1) is 17.8 Å². The average Bonchev–Trinajstić information content (AvgIpc) is 3.27. The molecule has 0 saturated carbocycles. The lowest BCUT2D eigenvalue weighted by molar-refractivity contribution is -0.128. The number of amides is 1. The Morgan fingerprint density at radius 1 is 1.03 bits per heavy atom. The van der Waals surface area contributed by atoms with Crippen LogP contribution in [0.2, 0.25) is 0 Å². The maximum absolute atomic E-state index is 12.6. The molecule has 184 valence electrons. The van der Waals surface area contributed by atoms with Crippen LogP contribution in [0.5, 0.6) is 0 Å². The van der Waals surface area contributed by atoms with Gasteiger partial charge in [0.1, 0.15) is 0 Å². The molecule has 0 bridgehead atoms. The zero-order chi connectivity index (χ0) is 24.4. The third kappa shape index (κ3) is 4.74. The molecule has 2 unspecified atom stereocenters. The molecule has 2 aliphatic heterocycles. The van der Waals surface area contributed by atoms with Crippen molar-refractivity contribution in [2.24, 2.45) is 17.8 Å². The van der Waals surface area contributed by atoms with Crippen LogP contribution in [0.1, 0.15) is 43.4 Å². The molecule has 2 aromatic carbocycles. The van der Waals surface area contributed by atoms with Gasteiger partial charge in [-0.25, -0.2) is 0 Å². The number of piperidine rings is 2. The van der Waals surface area contributed by atoms with Crippen molar-refractivity contribution in [3.05, 3.63) is 83.4 Å². The Kier molecular flexibility index (Phi) is 6.95. The minimum atomic E-state index is -0.341. The van der Waals surface area contributed by atoms with Gasteiger partial charge < -0.3 is 14.9 Å². The number of allylic oxidation sites excluding steroid dienone is 1. The summed E-state index contributed by atoms with van der Waals surface area (Å²) in [6, 6.07) is 18.7. The molecule has 2 fully saturated rings. The van der Waals surface area contributed by atoms with Gasteiger partial charge in [0.05, 0.1) is 6.10 Å². The number of β-amino-alcohol motifs (C(OH)–C–C–N with tert-alkyl or cyclic N) is 1. The fourth-order valence-electron chi connectivity index (χ4n) is 6.75. The number of benzene rings is 2. The van der Waals surface area contributed by atoms with E-state index in [1.807, 2.05) is 41.3 Å². The Morgan fingerprint density at radius 3 is 2.40 bits per heavy atom. The number of likely N-dealkylation sites (tertiary alicyclic amines) is 2. The van der Waals surface area contributed by atoms with E-state index in [4.69, 9.17) is 0 Å². The van der Waals surface area contributed by atoms with E-state index in [2.05, 4.69) is 55.2 Å². The van der Waals surface area contributed by atoms with Crippen molar-refractivity contribution < 1.29 is 9.90 Å². The Hall–Kier alpha value is -2.69. The van der Waals surface area contributed by atoms with Crippen molar-refractivity contribution in [3.63, 3.8) is 0 Å². The third-order valence-electron chi connectivity index (χ3n) is 8.72. The summed E-state index contributed by atoms with van der Waals surface area (Å²) in [5, 5.41) is 11.1. The quantitative estimate of drug-likeness (QED) is 0.635. The van der Waals surface area contributed by atoms with Crippen molar-refractivity contribution in [2.75, 3.05) is 32.7 Å². The Balaban J connectivity index is 1.13. The first kappa shape index (κ1) is 24.0. The van der Waals surface area contributed by atoms with Gasteiger partial charge >= 0.3 is 0 Å². The first-order valence-electron chi connectivity index (χ1n) is 13.2. The van der Waals surface area contributed by atoms with Crippen LogP contribution in [-0.2, 0) is 10.2 Å². The third-order valence-corrected chi connectivity index (χ3v) is 8.72. The SMILES string of the molecule is CC1CN(C[C@@H](O)C2CCN(C(=O)/C=C/c3ccccc3)CC2)CC(C)C12C=Cc1ccccc12. The summed E-state index contributed by atoms with van der Waals surface area (Å²) in [5.74, 6) is 1.31. The molecule has 3 atom stereocenters. The van der Waals surface area contributed by atoms with E-state index >= 15 is 0 Å². The highest BCUT2D eigenvalue weighted by Crippen LogP contribution is 2.49. The zero-order valence-corrected chi connectivity index (χ0v) is 21.0. The second-order valence-electron chi connectivity index (χ2n) is 10.8. The first-order valence-corrected chi connectivity index (χ1v) is 13.2. The predicted molar refractivity (Wildman–Crippen MR) is 143 cm³/mol. The minimum Gasteiger partial charge on any atom is -0.392 e. The molecule has 2 saturated heterocycles. The standard InChI is InChI=1S/C31H38N2O2/c1-23-20-32(21-24(2)31(23)17-14-26-10-6-7-11-28(26)31)22-29(34)27-15-18-33(19-16-27)30(35)13-12-25-8-4-3-5-9-25/h3-14,17,23-24,27,29,34H,15-16,18-22H2,1-2H3/b13-12+/t23?,24?,29-,31?/m1/s1. The number of aliphatic hydroxyl groups excluding tert-OH is 1. The summed E-state index contributed by atoms with van der Waals surface area (Å²) in [4.78, 5) is 17.0. The number of hydrogen-bond donors (Lipinski definition) is 1. The first-order chi connectivity index (χ1) is 17.0. The second kappa shape index (κ2) is 10.1. The monoisotopic (exact) mass is 470 g/mol. The average molecular weight is 471 g/mol. The zero-order valence-electron chi connectivity index (χ0n) is 21.0. The van der Waals surface area contributed by atoms with Gasteiger partial charge in [-0.3, -0.25) is 4.79 Å². The van der Waals surface area contributed by atoms with Gasteiger partial charge in [-0.1, -0.05) is 80.6 Å². The highest BCUT2D eigenvalue weighted by molar-refractivity contribution is 5.91. The van der Waals surface area contributed by atoms with E-state index in [0.29, 0.717) is 11.8 Å². The maximum Gasteiger partial charge on any atom is 0.246 e. The number of carbonyl (C=O) groups is 1. The maximum atomic E-state index is 12.6. The van der Waals surface area contributed by atoms with E-state index in [-0.39, 0.29) is 23.3 Å². The molecule has 3 aliphatic rings. The normalized spacial score (nSPS) is 28.0. The van der Waals surface area contributed by atoms with E-state index < -0.39 is 0 Å². The topological polar surface area (TPSA) is 43.8 Å². The molecule has 4 nitrogen and oxygen atoms in total. The summed E-state index contributed by atoms with van der Waals surface area (Å²) >= 11 is 0. The summed E-state index contributed by atoms with van der Waals surface area (Å²) in [6.45, 7) is 8.91. The van der Waals surface area contributed by atoms with Crippen LogP contribution in [0.15, 0.2) is 66.7 Å². The number of nitrogens with zero attached hydrogens (tertiary/aromatic N) is 2. The lowest BCUT2D eigenvalue weighted by atomic mass is 9.62. The lowest BCUT2D eigenvalue weighted by Crippen LogP contribution is -2.55. The van der Waals surface area contributed by atoms with Crippen molar-refractivity contribution in [2.45, 2.75) is 38.2 Å². The Bertz CT molecular complexity index is 1070. The second-order valence-corrected chi connectivity index (χ2v) is 10.8. The highest BCUT2D eigenvalue weighted by Gasteiger charge is 2.48. The molecule has 1 N–H and O–H groups in total. The minimum absolute atomic E-state index is 0.0654. The number of fused-ring (bicyclic) bond motifs is 2. The smallest absolute Gasteiger partial charge is 0.246 e. The number of carbonyl (C=O) groups excluding carboxylic acids is 1. The van der Waals surface area contributed by atoms with Crippen LogP contribution in [0.25, 0.3) is 12.2 Å². The molecular weight excluding hydrogens is 432 g/mol. The molecule has 1 amide bonds. The van der Waals surface area contributed by atoms with Crippen LogP contribution >= 0.6 is 0 Å². The summed E-state index contributed by atoms with van der Waals surface area (Å²) in [7, 11) is 0. The molecular formula is C31H38N2O2.